The van der Waals surface area contributed by atoms with Gasteiger partial charge in [0.25, 0.3) is 5.91 Å². The molecule has 0 bridgehead atoms. The Morgan fingerprint density at radius 1 is 1.45 bits per heavy atom. The van der Waals surface area contributed by atoms with Gasteiger partial charge in [0.05, 0.1) is 6.54 Å². The first kappa shape index (κ1) is 14.6. The van der Waals surface area contributed by atoms with Gasteiger partial charge < -0.3 is 11.1 Å². The Morgan fingerprint density at radius 2 is 2.30 bits per heavy atom. The summed E-state index contributed by atoms with van der Waals surface area (Å²) in [5.74, 6) is 6.46. The highest BCUT2D eigenvalue weighted by Crippen LogP contribution is 2.23. The fraction of sp³-hybridized carbons (Fsp3) is 0.471. The molecular weight excluding hydrogens is 248 g/mol. The molecule has 20 heavy (non-hydrogen) atoms. The Morgan fingerprint density at radius 3 is 3.05 bits per heavy atom. The minimum atomic E-state index is 0.000462. The summed E-state index contributed by atoms with van der Waals surface area (Å²) in [5, 5.41) is 3.14. The van der Waals surface area contributed by atoms with E-state index in [0.717, 1.165) is 18.4 Å². The predicted molar refractivity (Wildman–Crippen MR) is 81.3 cm³/mol. The monoisotopic (exact) mass is 270 g/mol. The average Bonchev–Trinajstić information content (AvgIpc) is 2.45. The molecule has 1 aliphatic carbocycles. The number of benzene rings is 1. The molecule has 2 unspecified atom stereocenters. The van der Waals surface area contributed by atoms with Gasteiger partial charge in [0.15, 0.2) is 0 Å². The van der Waals surface area contributed by atoms with E-state index >= 15 is 0 Å². The number of nitrogens with one attached hydrogen (secondary N) is 1. The molecule has 1 saturated carbocycles. The molecule has 0 aliphatic heterocycles. The van der Waals surface area contributed by atoms with Crippen molar-refractivity contribution in [2.75, 3.05) is 6.54 Å². The molecule has 3 nitrogen and oxygen atoms in total. The maximum Gasteiger partial charge on any atom is 0.251 e. The minimum Gasteiger partial charge on any atom is -0.349 e. The Kier molecular flexibility index (Phi) is 5.20. The van der Waals surface area contributed by atoms with Gasteiger partial charge in [-0.05, 0) is 37.0 Å². The molecule has 0 aromatic heterocycles. The summed E-state index contributed by atoms with van der Waals surface area (Å²) in [6.07, 6.45) is 4.64. The SMILES string of the molecule is CC1CCCC(NC(=O)c2cccc(C#CCN)c2)C1. The summed E-state index contributed by atoms with van der Waals surface area (Å²) < 4.78 is 0. The number of carbonyl (C=O) groups excluding carboxylic acids is 1. The van der Waals surface area contributed by atoms with Crippen molar-refractivity contribution in [1.82, 2.24) is 5.32 Å². The van der Waals surface area contributed by atoms with E-state index in [2.05, 4.69) is 24.1 Å². The molecular formula is C17H22N2O. The van der Waals surface area contributed by atoms with Crippen LogP contribution >= 0.6 is 0 Å². The molecule has 3 heteroatoms. The van der Waals surface area contributed by atoms with E-state index in [0.29, 0.717) is 24.1 Å². The summed E-state index contributed by atoms with van der Waals surface area (Å²) in [6.45, 7) is 2.58. The number of carbonyl (C=O) groups is 1. The highest BCUT2D eigenvalue weighted by molar-refractivity contribution is 5.94. The van der Waals surface area contributed by atoms with Crippen LogP contribution in [0, 0.1) is 17.8 Å². The molecule has 1 aromatic carbocycles. The lowest BCUT2D eigenvalue weighted by molar-refractivity contribution is 0.0921. The lowest BCUT2D eigenvalue weighted by Gasteiger charge is -2.27. The van der Waals surface area contributed by atoms with E-state index in [1.54, 1.807) is 0 Å². The van der Waals surface area contributed by atoms with E-state index in [4.69, 9.17) is 5.73 Å². The summed E-state index contributed by atoms with van der Waals surface area (Å²) in [4.78, 5) is 12.3. The van der Waals surface area contributed by atoms with E-state index < -0.39 is 0 Å². The van der Waals surface area contributed by atoms with Crippen LogP contribution < -0.4 is 11.1 Å². The van der Waals surface area contributed by atoms with Gasteiger partial charge >= 0.3 is 0 Å². The van der Waals surface area contributed by atoms with Gasteiger partial charge in [0.2, 0.25) is 0 Å². The van der Waals surface area contributed by atoms with Gasteiger partial charge in [-0.3, -0.25) is 4.79 Å². The third kappa shape index (κ3) is 4.11. The Balaban J connectivity index is 2.01. The fourth-order valence-electron chi connectivity index (χ4n) is 2.73. The van der Waals surface area contributed by atoms with Crippen LogP contribution in [0.2, 0.25) is 0 Å². The smallest absolute Gasteiger partial charge is 0.251 e. The zero-order valence-corrected chi connectivity index (χ0v) is 12.0. The van der Waals surface area contributed by atoms with Crippen LogP contribution in [-0.2, 0) is 0 Å². The maximum absolute atomic E-state index is 12.3. The zero-order valence-electron chi connectivity index (χ0n) is 12.0. The number of nitrogens with two attached hydrogens (primary N) is 1. The van der Waals surface area contributed by atoms with Gasteiger partial charge in [0, 0.05) is 17.2 Å². The summed E-state index contributed by atoms with van der Waals surface area (Å²) in [5.41, 5.74) is 6.86. The molecule has 106 valence electrons. The third-order valence-corrected chi connectivity index (χ3v) is 3.73. The van der Waals surface area contributed by atoms with E-state index in [1.807, 2.05) is 24.3 Å². The number of rotatable bonds is 2. The van der Waals surface area contributed by atoms with Crippen molar-refractivity contribution >= 4 is 5.91 Å². The Bertz CT molecular complexity index is 527. The molecule has 0 spiro atoms. The maximum atomic E-state index is 12.3. The first-order valence-corrected chi connectivity index (χ1v) is 7.29. The molecule has 0 radical (unpaired) electrons. The fourth-order valence-corrected chi connectivity index (χ4v) is 2.73. The second-order valence-corrected chi connectivity index (χ2v) is 5.53. The molecule has 1 aliphatic rings. The van der Waals surface area contributed by atoms with E-state index in [9.17, 15) is 4.79 Å². The number of hydrogen-bond donors (Lipinski definition) is 2. The molecule has 1 amide bonds. The molecule has 3 N–H and O–H groups in total. The van der Waals surface area contributed by atoms with E-state index in [-0.39, 0.29) is 5.91 Å². The van der Waals surface area contributed by atoms with Gasteiger partial charge in [0.1, 0.15) is 0 Å². The second-order valence-electron chi connectivity index (χ2n) is 5.53. The van der Waals surface area contributed by atoms with Crippen LogP contribution in [0.5, 0.6) is 0 Å². The van der Waals surface area contributed by atoms with Crippen molar-refractivity contribution in [3.8, 4) is 11.8 Å². The van der Waals surface area contributed by atoms with Crippen LogP contribution in [-0.4, -0.2) is 18.5 Å². The van der Waals surface area contributed by atoms with Crippen LogP contribution in [0.4, 0.5) is 0 Å². The summed E-state index contributed by atoms with van der Waals surface area (Å²) in [7, 11) is 0. The third-order valence-electron chi connectivity index (χ3n) is 3.73. The molecule has 1 aromatic rings. The van der Waals surface area contributed by atoms with Crippen molar-refractivity contribution in [3.63, 3.8) is 0 Å². The highest BCUT2D eigenvalue weighted by Gasteiger charge is 2.20. The van der Waals surface area contributed by atoms with Crippen LogP contribution in [0.25, 0.3) is 0 Å². The number of amides is 1. The lowest BCUT2D eigenvalue weighted by Crippen LogP contribution is -2.37. The van der Waals surface area contributed by atoms with Crippen molar-refractivity contribution in [3.05, 3.63) is 35.4 Å². The quantitative estimate of drug-likeness (QED) is 0.810. The Labute approximate surface area is 120 Å². The second kappa shape index (κ2) is 7.12. The van der Waals surface area contributed by atoms with Gasteiger partial charge in [-0.2, -0.15) is 0 Å². The summed E-state index contributed by atoms with van der Waals surface area (Å²) >= 11 is 0. The molecule has 1 fully saturated rings. The van der Waals surface area contributed by atoms with Gasteiger partial charge in [-0.15, -0.1) is 0 Å². The minimum absolute atomic E-state index is 0.000462. The Hall–Kier alpha value is -1.79. The van der Waals surface area contributed by atoms with Crippen LogP contribution in [0.15, 0.2) is 24.3 Å². The van der Waals surface area contributed by atoms with Crippen LogP contribution in [0.1, 0.15) is 48.5 Å². The van der Waals surface area contributed by atoms with E-state index in [1.165, 1.54) is 12.8 Å². The average molecular weight is 270 g/mol. The highest BCUT2D eigenvalue weighted by atomic mass is 16.1. The van der Waals surface area contributed by atoms with Crippen LogP contribution in [0.3, 0.4) is 0 Å². The van der Waals surface area contributed by atoms with Gasteiger partial charge in [-0.1, -0.05) is 37.7 Å². The molecule has 2 atom stereocenters. The standard InChI is InChI=1S/C17H22N2O/c1-13-5-2-9-16(11-13)19-17(20)15-8-3-6-14(12-15)7-4-10-18/h3,6,8,12-13,16H,2,5,9-11,18H2,1H3,(H,19,20). The largest absolute Gasteiger partial charge is 0.349 e. The first-order valence-electron chi connectivity index (χ1n) is 7.29. The zero-order chi connectivity index (χ0) is 14.4. The lowest BCUT2D eigenvalue weighted by atomic mass is 9.87. The van der Waals surface area contributed by atoms with Gasteiger partial charge in [-0.25, -0.2) is 0 Å². The van der Waals surface area contributed by atoms with Crippen molar-refractivity contribution in [2.45, 2.75) is 38.6 Å². The topological polar surface area (TPSA) is 55.1 Å². The number of hydrogen-bond acceptors (Lipinski definition) is 2. The molecule has 0 heterocycles. The van der Waals surface area contributed by atoms with Crippen molar-refractivity contribution < 1.29 is 4.79 Å². The predicted octanol–water partition coefficient (Wildman–Crippen LogP) is 2.31. The van der Waals surface area contributed by atoms with Crippen molar-refractivity contribution in [1.29, 1.82) is 0 Å². The normalized spacial score (nSPS) is 21.7. The summed E-state index contributed by atoms with van der Waals surface area (Å²) in [6, 6.07) is 7.71. The first-order chi connectivity index (χ1) is 9.69. The molecule has 2 rings (SSSR count). The molecule has 0 saturated heterocycles. The van der Waals surface area contributed by atoms with Crippen molar-refractivity contribution in [2.24, 2.45) is 11.7 Å².